The van der Waals surface area contributed by atoms with Gasteiger partial charge in [0.1, 0.15) is 23.4 Å². The number of aryl methyl sites for hydroxylation is 1. The van der Waals surface area contributed by atoms with Gasteiger partial charge in [-0.05, 0) is 29.8 Å². The van der Waals surface area contributed by atoms with Crippen LogP contribution in [0.4, 0.5) is 4.39 Å². The second kappa shape index (κ2) is 7.03. The van der Waals surface area contributed by atoms with Crippen LogP contribution in [0.2, 0.25) is 0 Å². The minimum absolute atomic E-state index is 0.0686. The van der Waals surface area contributed by atoms with E-state index in [4.69, 9.17) is 4.52 Å². The number of hydrogen-bond acceptors (Lipinski definition) is 4. The summed E-state index contributed by atoms with van der Waals surface area (Å²) in [6, 6.07) is 12.9. The molecular formula is C20H17FN4O2. The second-order valence-corrected chi connectivity index (χ2v) is 6.25. The zero-order chi connectivity index (χ0) is 18.8. The summed E-state index contributed by atoms with van der Waals surface area (Å²) in [7, 11) is 1.84. The number of para-hydroxylation sites is 1. The van der Waals surface area contributed by atoms with E-state index in [-0.39, 0.29) is 18.1 Å². The van der Waals surface area contributed by atoms with E-state index in [0.717, 1.165) is 10.9 Å². The standard InChI is InChI=1S/C20H17FN4O2/c1-25-11-10-22-20(25)19(13-6-8-14(21)9-7-13)23-18(26)12-16-15-4-2-3-5-17(15)27-24-16/h2-11,19H,12H2,1H3,(H,23,26). The SMILES string of the molecule is Cn1ccnc1C(NC(=O)Cc1noc2ccccc12)c1ccc(F)cc1. The van der Waals surface area contributed by atoms with Crippen LogP contribution < -0.4 is 5.32 Å². The molecule has 27 heavy (non-hydrogen) atoms. The van der Waals surface area contributed by atoms with Crippen molar-refractivity contribution in [2.45, 2.75) is 12.5 Å². The number of aromatic nitrogens is 3. The topological polar surface area (TPSA) is 73.0 Å². The lowest BCUT2D eigenvalue weighted by Gasteiger charge is -2.19. The first-order chi connectivity index (χ1) is 13.1. The zero-order valence-corrected chi connectivity index (χ0v) is 14.6. The molecule has 0 saturated heterocycles. The Bertz CT molecular complexity index is 1080. The lowest BCUT2D eigenvalue weighted by molar-refractivity contribution is -0.121. The van der Waals surface area contributed by atoms with E-state index >= 15 is 0 Å². The third kappa shape index (κ3) is 3.44. The molecule has 0 aliphatic rings. The van der Waals surface area contributed by atoms with Crippen molar-refractivity contribution in [2.75, 3.05) is 0 Å². The minimum Gasteiger partial charge on any atom is -0.356 e. The molecule has 0 aliphatic carbocycles. The fourth-order valence-corrected chi connectivity index (χ4v) is 3.04. The Morgan fingerprint density at radius 3 is 2.74 bits per heavy atom. The van der Waals surface area contributed by atoms with Gasteiger partial charge in [-0.1, -0.05) is 29.4 Å². The second-order valence-electron chi connectivity index (χ2n) is 6.25. The predicted octanol–water partition coefficient (Wildman–Crippen LogP) is 3.15. The Hall–Kier alpha value is -3.48. The van der Waals surface area contributed by atoms with Gasteiger partial charge >= 0.3 is 0 Å². The molecule has 7 heteroatoms. The summed E-state index contributed by atoms with van der Waals surface area (Å²) in [6.07, 6.45) is 3.52. The van der Waals surface area contributed by atoms with Crippen LogP contribution in [0.1, 0.15) is 23.1 Å². The Kier molecular flexibility index (Phi) is 4.42. The van der Waals surface area contributed by atoms with Crippen LogP contribution in [0.5, 0.6) is 0 Å². The first-order valence-electron chi connectivity index (χ1n) is 8.47. The molecule has 136 valence electrons. The van der Waals surface area contributed by atoms with Gasteiger partial charge in [0.05, 0.1) is 6.42 Å². The van der Waals surface area contributed by atoms with Gasteiger partial charge in [-0.2, -0.15) is 0 Å². The summed E-state index contributed by atoms with van der Waals surface area (Å²) in [5, 5.41) is 7.78. The highest BCUT2D eigenvalue weighted by Gasteiger charge is 2.22. The summed E-state index contributed by atoms with van der Waals surface area (Å²) < 4.78 is 20.4. The van der Waals surface area contributed by atoms with Gasteiger partial charge in [0.15, 0.2) is 5.58 Å². The molecule has 0 bridgehead atoms. The van der Waals surface area contributed by atoms with E-state index in [1.54, 1.807) is 30.6 Å². The van der Waals surface area contributed by atoms with E-state index in [0.29, 0.717) is 17.1 Å². The van der Waals surface area contributed by atoms with Gasteiger partial charge in [0.25, 0.3) is 0 Å². The van der Waals surface area contributed by atoms with E-state index in [9.17, 15) is 9.18 Å². The summed E-state index contributed by atoms with van der Waals surface area (Å²) in [5.41, 5.74) is 1.95. The molecule has 2 aromatic heterocycles. The van der Waals surface area contributed by atoms with Crippen LogP contribution in [-0.2, 0) is 18.3 Å². The zero-order valence-electron chi connectivity index (χ0n) is 14.6. The van der Waals surface area contributed by atoms with Gasteiger partial charge in [-0.25, -0.2) is 9.37 Å². The molecule has 4 aromatic rings. The highest BCUT2D eigenvalue weighted by atomic mass is 19.1. The van der Waals surface area contributed by atoms with Crippen molar-refractivity contribution in [3.8, 4) is 0 Å². The van der Waals surface area contributed by atoms with Crippen molar-refractivity contribution >= 4 is 16.9 Å². The van der Waals surface area contributed by atoms with Crippen LogP contribution in [0.3, 0.4) is 0 Å². The van der Waals surface area contributed by atoms with Crippen LogP contribution in [0, 0.1) is 5.82 Å². The Labute approximate surface area is 154 Å². The third-order valence-electron chi connectivity index (χ3n) is 4.41. The molecule has 0 fully saturated rings. The van der Waals surface area contributed by atoms with Crippen molar-refractivity contribution < 1.29 is 13.7 Å². The van der Waals surface area contributed by atoms with Gasteiger partial charge in [-0.15, -0.1) is 0 Å². The number of fused-ring (bicyclic) bond motifs is 1. The molecule has 0 radical (unpaired) electrons. The number of hydrogen-bond donors (Lipinski definition) is 1. The summed E-state index contributed by atoms with van der Waals surface area (Å²) >= 11 is 0. The van der Waals surface area contributed by atoms with Crippen molar-refractivity contribution in [3.05, 3.63) is 83.8 Å². The average molecular weight is 364 g/mol. The first kappa shape index (κ1) is 17.0. The molecule has 1 atom stereocenters. The molecule has 1 unspecified atom stereocenters. The molecule has 2 aromatic carbocycles. The van der Waals surface area contributed by atoms with E-state index in [2.05, 4.69) is 15.5 Å². The number of amides is 1. The van der Waals surface area contributed by atoms with Gasteiger partial charge < -0.3 is 14.4 Å². The number of imidazole rings is 1. The lowest BCUT2D eigenvalue weighted by Crippen LogP contribution is -2.32. The molecule has 0 saturated carbocycles. The number of carbonyl (C=O) groups excluding carboxylic acids is 1. The van der Waals surface area contributed by atoms with Crippen molar-refractivity contribution in [1.82, 2.24) is 20.0 Å². The smallest absolute Gasteiger partial charge is 0.227 e. The first-order valence-corrected chi connectivity index (χ1v) is 8.47. The largest absolute Gasteiger partial charge is 0.356 e. The average Bonchev–Trinajstić information content (AvgIpc) is 3.27. The summed E-state index contributed by atoms with van der Waals surface area (Å²) in [5.74, 6) is 0.0871. The number of halogens is 1. The van der Waals surface area contributed by atoms with E-state index < -0.39 is 6.04 Å². The van der Waals surface area contributed by atoms with Crippen LogP contribution in [-0.4, -0.2) is 20.6 Å². The summed E-state index contributed by atoms with van der Waals surface area (Å²) in [6.45, 7) is 0. The molecule has 0 spiro atoms. The monoisotopic (exact) mass is 364 g/mol. The fourth-order valence-electron chi connectivity index (χ4n) is 3.04. The maximum atomic E-state index is 13.3. The Morgan fingerprint density at radius 1 is 1.22 bits per heavy atom. The van der Waals surface area contributed by atoms with E-state index in [1.165, 1.54) is 12.1 Å². The van der Waals surface area contributed by atoms with Crippen molar-refractivity contribution in [2.24, 2.45) is 7.05 Å². The molecular weight excluding hydrogens is 347 g/mol. The van der Waals surface area contributed by atoms with Gasteiger partial charge in [0, 0.05) is 24.8 Å². The predicted molar refractivity (Wildman–Crippen MR) is 97.3 cm³/mol. The Balaban J connectivity index is 1.60. The number of benzene rings is 2. The molecule has 1 amide bonds. The highest BCUT2D eigenvalue weighted by molar-refractivity contribution is 5.86. The molecule has 1 N–H and O–H groups in total. The lowest BCUT2D eigenvalue weighted by atomic mass is 10.1. The van der Waals surface area contributed by atoms with Crippen LogP contribution in [0.25, 0.3) is 11.0 Å². The van der Waals surface area contributed by atoms with Crippen LogP contribution >= 0.6 is 0 Å². The van der Waals surface area contributed by atoms with Gasteiger partial charge in [0.2, 0.25) is 5.91 Å². The fraction of sp³-hybridized carbons (Fsp3) is 0.150. The molecule has 0 aliphatic heterocycles. The van der Waals surface area contributed by atoms with E-state index in [1.807, 2.05) is 29.8 Å². The quantitative estimate of drug-likeness (QED) is 0.590. The third-order valence-corrected chi connectivity index (χ3v) is 4.41. The number of rotatable bonds is 5. The molecule has 2 heterocycles. The molecule has 4 rings (SSSR count). The number of carbonyl (C=O) groups is 1. The van der Waals surface area contributed by atoms with Crippen molar-refractivity contribution in [1.29, 1.82) is 0 Å². The van der Waals surface area contributed by atoms with Crippen LogP contribution in [0.15, 0.2) is 65.4 Å². The van der Waals surface area contributed by atoms with Crippen molar-refractivity contribution in [3.63, 3.8) is 0 Å². The summed E-state index contributed by atoms with van der Waals surface area (Å²) in [4.78, 5) is 17.0. The maximum absolute atomic E-state index is 13.3. The minimum atomic E-state index is -0.503. The molecule has 6 nitrogen and oxygen atoms in total. The normalized spacial score (nSPS) is 12.2. The highest BCUT2D eigenvalue weighted by Crippen LogP contribution is 2.22. The number of nitrogens with zero attached hydrogens (tertiary/aromatic N) is 3. The van der Waals surface area contributed by atoms with Gasteiger partial charge in [-0.3, -0.25) is 4.79 Å². The number of nitrogens with one attached hydrogen (secondary N) is 1. The maximum Gasteiger partial charge on any atom is 0.227 e. The Morgan fingerprint density at radius 2 is 2.00 bits per heavy atom.